The normalized spacial score (nSPS) is 11.4. The molecule has 3 heterocycles. The summed E-state index contributed by atoms with van der Waals surface area (Å²) in [7, 11) is 3.62. The second kappa shape index (κ2) is 7.81. The van der Waals surface area contributed by atoms with E-state index in [1.165, 1.54) is 0 Å². The van der Waals surface area contributed by atoms with Crippen molar-refractivity contribution in [3.8, 4) is 39.4 Å². The van der Waals surface area contributed by atoms with Crippen molar-refractivity contribution < 1.29 is 4.74 Å². The summed E-state index contributed by atoms with van der Waals surface area (Å²) < 4.78 is 7.63. The van der Waals surface area contributed by atoms with E-state index >= 15 is 0 Å². The summed E-state index contributed by atoms with van der Waals surface area (Å²) in [5.74, 6) is 0.762. The smallest absolute Gasteiger partial charge is 0.128 e. The fourth-order valence-electron chi connectivity index (χ4n) is 4.54. The SMILES string of the molecule is COc1cc2ncnc(-c3cn(C)nc3-c3ccccc3)c2cc1-c1cc2cn[nH]c2cc1C. The fourth-order valence-corrected chi connectivity index (χ4v) is 4.54. The zero-order valence-corrected chi connectivity index (χ0v) is 19.1. The number of aromatic amines is 1. The lowest BCUT2D eigenvalue weighted by Gasteiger charge is -2.14. The number of benzene rings is 3. The van der Waals surface area contributed by atoms with Gasteiger partial charge in [-0.3, -0.25) is 9.78 Å². The Bertz CT molecular complexity index is 1670. The third-order valence-corrected chi connectivity index (χ3v) is 6.16. The molecule has 34 heavy (non-hydrogen) atoms. The summed E-state index contributed by atoms with van der Waals surface area (Å²) in [6.07, 6.45) is 5.44. The van der Waals surface area contributed by atoms with Gasteiger partial charge < -0.3 is 4.74 Å². The Balaban J connectivity index is 1.62. The minimum Gasteiger partial charge on any atom is -0.496 e. The van der Waals surface area contributed by atoms with E-state index in [-0.39, 0.29) is 0 Å². The first-order valence-electron chi connectivity index (χ1n) is 11.0. The quantitative estimate of drug-likeness (QED) is 0.384. The highest BCUT2D eigenvalue weighted by atomic mass is 16.5. The number of hydrogen-bond donors (Lipinski definition) is 1. The summed E-state index contributed by atoms with van der Waals surface area (Å²) >= 11 is 0. The van der Waals surface area contributed by atoms with Gasteiger partial charge in [-0.2, -0.15) is 10.2 Å². The van der Waals surface area contributed by atoms with Gasteiger partial charge in [-0.1, -0.05) is 30.3 Å². The highest BCUT2D eigenvalue weighted by Crippen LogP contribution is 2.40. The Morgan fingerprint density at radius 3 is 2.59 bits per heavy atom. The first-order valence-corrected chi connectivity index (χ1v) is 11.0. The molecular formula is C27H22N6O. The standard InChI is InChI=1S/C27H22N6O/c1-16-9-23-18(13-30-31-23)10-19(16)20-11-21-24(12-25(20)34-3)28-15-29-27(21)22-14-33(2)32-26(22)17-7-5-4-6-8-17/h4-15H,1-3H3,(H,30,31). The molecule has 0 saturated heterocycles. The molecule has 0 aliphatic carbocycles. The maximum Gasteiger partial charge on any atom is 0.128 e. The van der Waals surface area contributed by atoms with E-state index in [4.69, 9.17) is 14.8 Å². The van der Waals surface area contributed by atoms with Crippen LogP contribution in [0.1, 0.15) is 5.56 Å². The maximum absolute atomic E-state index is 5.80. The first kappa shape index (κ1) is 20.1. The molecule has 3 aromatic heterocycles. The monoisotopic (exact) mass is 446 g/mol. The van der Waals surface area contributed by atoms with Crippen molar-refractivity contribution in [2.24, 2.45) is 7.05 Å². The molecule has 3 aromatic carbocycles. The molecule has 0 unspecified atom stereocenters. The van der Waals surface area contributed by atoms with Gasteiger partial charge in [0.15, 0.2) is 0 Å². The molecule has 1 N–H and O–H groups in total. The highest BCUT2D eigenvalue weighted by Gasteiger charge is 2.19. The molecule has 6 aromatic rings. The summed E-state index contributed by atoms with van der Waals surface area (Å²) in [5.41, 5.74) is 8.73. The Labute approximate surface area is 196 Å². The van der Waals surface area contributed by atoms with Gasteiger partial charge in [0.05, 0.1) is 30.0 Å². The van der Waals surface area contributed by atoms with Crippen LogP contribution in [0.15, 0.2) is 73.3 Å². The number of fused-ring (bicyclic) bond motifs is 2. The van der Waals surface area contributed by atoms with Crippen LogP contribution in [0.3, 0.4) is 0 Å². The lowest BCUT2D eigenvalue weighted by Crippen LogP contribution is -1.95. The van der Waals surface area contributed by atoms with Crippen molar-refractivity contribution in [2.75, 3.05) is 7.11 Å². The minimum atomic E-state index is 0.762. The van der Waals surface area contributed by atoms with Crippen LogP contribution in [-0.2, 0) is 7.05 Å². The molecule has 0 amide bonds. The van der Waals surface area contributed by atoms with E-state index in [0.29, 0.717) is 0 Å². The largest absolute Gasteiger partial charge is 0.496 e. The van der Waals surface area contributed by atoms with Crippen LogP contribution >= 0.6 is 0 Å². The van der Waals surface area contributed by atoms with Gasteiger partial charge >= 0.3 is 0 Å². The van der Waals surface area contributed by atoms with E-state index in [1.807, 2.05) is 48.4 Å². The number of hydrogen-bond acceptors (Lipinski definition) is 5. The molecular weight excluding hydrogens is 424 g/mol. The molecule has 166 valence electrons. The van der Waals surface area contributed by atoms with Crippen LogP contribution in [0.2, 0.25) is 0 Å². The van der Waals surface area contributed by atoms with E-state index in [2.05, 4.69) is 52.4 Å². The molecule has 0 spiro atoms. The van der Waals surface area contributed by atoms with Crippen LogP contribution in [0.25, 0.3) is 55.4 Å². The van der Waals surface area contributed by atoms with E-state index < -0.39 is 0 Å². The second-order valence-electron chi connectivity index (χ2n) is 8.35. The number of nitrogens with zero attached hydrogens (tertiary/aromatic N) is 5. The first-order chi connectivity index (χ1) is 16.6. The second-order valence-corrected chi connectivity index (χ2v) is 8.35. The Kier molecular flexibility index (Phi) is 4.62. The summed E-state index contributed by atoms with van der Waals surface area (Å²) in [4.78, 5) is 9.26. The number of rotatable bonds is 4. The lowest BCUT2D eigenvalue weighted by molar-refractivity contribution is 0.417. The number of aromatic nitrogens is 6. The maximum atomic E-state index is 5.80. The molecule has 0 bridgehead atoms. The van der Waals surface area contributed by atoms with Gasteiger partial charge in [-0.15, -0.1) is 0 Å². The van der Waals surface area contributed by atoms with Crippen LogP contribution < -0.4 is 4.74 Å². The Morgan fingerprint density at radius 1 is 0.912 bits per heavy atom. The van der Waals surface area contributed by atoms with Crippen molar-refractivity contribution in [1.29, 1.82) is 0 Å². The van der Waals surface area contributed by atoms with E-state index in [1.54, 1.807) is 13.4 Å². The third kappa shape index (κ3) is 3.21. The topological polar surface area (TPSA) is 81.5 Å². The number of ether oxygens (including phenoxy) is 1. The number of aryl methyl sites for hydroxylation is 2. The van der Waals surface area contributed by atoms with E-state index in [0.717, 1.165) is 66.8 Å². The summed E-state index contributed by atoms with van der Waals surface area (Å²) in [6.45, 7) is 2.09. The van der Waals surface area contributed by atoms with Crippen LogP contribution in [-0.4, -0.2) is 37.1 Å². The molecule has 7 nitrogen and oxygen atoms in total. The molecule has 7 heteroatoms. The van der Waals surface area contributed by atoms with Gasteiger partial charge in [0, 0.05) is 46.8 Å². The predicted octanol–water partition coefficient (Wildman–Crippen LogP) is 5.56. The number of methoxy groups -OCH3 is 1. The minimum absolute atomic E-state index is 0.762. The molecule has 0 atom stereocenters. The fraction of sp³-hybridized carbons (Fsp3) is 0.111. The summed E-state index contributed by atoms with van der Waals surface area (Å²) in [5, 5.41) is 13.9. The molecule has 0 aliphatic rings. The molecule has 6 rings (SSSR count). The van der Waals surface area contributed by atoms with Gasteiger partial charge in [0.2, 0.25) is 0 Å². The number of nitrogens with one attached hydrogen (secondary N) is 1. The van der Waals surface area contributed by atoms with Crippen molar-refractivity contribution in [3.05, 3.63) is 78.9 Å². The summed E-state index contributed by atoms with van der Waals surface area (Å²) in [6, 6.07) is 18.5. The van der Waals surface area contributed by atoms with Gasteiger partial charge in [0.25, 0.3) is 0 Å². The van der Waals surface area contributed by atoms with Crippen LogP contribution in [0.5, 0.6) is 5.75 Å². The Hall–Kier alpha value is -4.52. The molecule has 0 saturated carbocycles. The third-order valence-electron chi connectivity index (χ3n) is 6.16. The average Bonchev–Trinajstić information content (AvgIpc) is 3.48. The highest BCUT2D eigenvalue weighted by molar-refractivity contribution is 6.00. The van der Waals surface area contributed by atoms with Crippen LogP contribution in [0.4, 0.5) is 0 Å². The zero-order valence-electron chi connectivity index (χ0n) is 19.1. The average molecular weight is 447 g/mol. The molecule has 0 radical (unpaired) electrons. The Morgan fingerprint density at radius 2 is 1.76 bits per heavy atom. The predicted molar refractivity (Wildman–Crippen MR) is 134 cm³/mol. The van der Waals surface area contributed by atoms with E-state index in [9.17, 15) is 0 Å². The van der Waals surface area contributed by atoms with Gasteiger partial charge in [0.1, 0.15) is 17.8 Å². The van der Waals surface area contributed by atoms with Crippen molar-refractivity contribution in [3.63, 3.8) is 0 Å². The van der Waals surface area contributed by atoms with Crippen molar-refractivity contribution >= 4 is 21.8 Å². The zero-order chi connectivity index (χ0) is 23.2. The van der Waals surface area contributed by atoms with Gasteiger partial charge in [-0.25, -0.2) is 9.97 Å². The van der Waals surface area contributed by atoms with Crippen molar-refractivity contribution in [2.45, 2.75) is 6.92 Å². The lowest BCUT2D eigenvalue weighted by atomic mass is 9.95. The molecule has 0 fully saturated rings. The van der Waals surface area contributed by atoms with Crippen molar-refractivity contribution in [1.82, 2.24) is 29.9 Å². The van der Waals surface area contributed by atoms with Gasteiger partial charge in [-0.05, 0) is 36.2 Å². The number of H-pyrrole nitrogens is 1. The molecule has 0 aliphatic heterocycles. The van der Waals surface area contributed by atoms with Crippen LogP contribution in [0, 0.1) is 6.92 Å².